The molecule has 0 aliphatic carbocycles. The summed E-state index contributed by atoms with van der Waals surface area (Å²) in [6.07, 6.45) is 0.897. The van der Waals surface area contributed by atoms with Gasteiger partial charge >= 0.3 is 0 Å². The van der Waals surface area contributed by atoms with Crippen LogP contribution in [0.4, 0.5) is 5.69 Å². The highest BCUT2D eigenvalue weighted by Gasteiger charge is 2.33. The number of rotatable bonds is 3. The van der Waals surface area contributed by atoms with Crippen LogP contribution in [0.5, 0.6) is 0 Å². The summed E-state index contributed by atoms with van der Waals surface area (Å²) in [6, 6.07) is 10.3. The lowest BCUT2D eigenvalue weighted by atomic mass is 10.1. The number of fused-ring (bicyclic) bond motifs is 2. The first-order valence-corrected chi connectivity index (χ1v) is 9.60. The van der Waals surface area contributed by atoms with E-state index in [9.17, 15) is 4.79 Å². The second-order valence-corrected chi connectivity index (χ2v) is 8.10. The predicted octanol–water partition coefficient (Wildman–Crippen LogP) is 3.20. The van der Waals surface area contributed by atoms with E-state index in [1.54, 1.807) is 4.52 Å². The molecule has 0 spiro atoms. The summed E-state index contributed by atoms with van der Waals surface area (Å²) in [7, 11) is 0. The van der Waals surface area contributed by atoms with Crippen molar-refractivity contribution in [3.05, 3.63) is 47.3 Å². The number of carbonyl (C=O) groups is 1. The molecule has 0 radical (unpaired) electrons. The molecule has 3 heterocycles. The summed E-state index contributed by atoms with van der Waals surface area (Å²) in [5, 5.41) is 4.80. The molecule has 6 nitrogen and oxygen atoms in total. The highest BCUT2D eigenvalue weighted by Crippen LogP contribution is 2.34. The van der Waals surface area contributed by atoms with Crippen LogP contribution in [-0.2, 0) is 11.2 Å². The Kier molecular flexibility index (Phi) is 4.19. The third kappa shape index (κ3) is 2.86. The number of aryl methyl sites for hydroxylation is 2. The minimum absolute atomic E-state index is 0.0900. The van der Waals surface area contributed by atoms with Crippen molar-refractivity contribution in [3.8, 4) is 0 Å². The summed E-state index contributed by atoms with van der Waals surface area (Å²) in [4.78, 5) is 23.9. The molecular formula is C19H21N5OS. The molecule has 0 N–H and O–H groups in total. The van der Waals surface area contributed by atoms with Gasteiger partial charge in [-0.15, -0.1) is 5.10 Å². The fraction of sp³-hybridized carbons (Fsp3) is 0.368. The second kappa shape index (κ2) is 6.39. The van der Waals surface area contributed by atoms with E-state index >= 15 is 0 Å². The molecular weight excluding hydrogens is 346 g/mol. The minimum atomic E-state index is -0.276. The molecule has 2 unspecified atom stereocenters. The number of nitrogens with zero attached hydrogens (tertiary/aromatic N) is 5. The minimum Gasteiger partial charge on any atom is -0.308 e. The zero-order valence-corrected chi connectivity index (χ0v) is 16.1. The van der Waals surface area contributed by atoms with Gasteiger partial charge in [-0.25, -0.2) is 9.50 Å². The number of anilines is 1. The molecule has 0 saturated carbocycles. The Morgan fingerprint density at radius 2 is 2.04 bits per heavy atom. The number of carbonyl (C=O) groups excluding carboxylic acids is 1. The zero-order chi connectivity index (χ0) is 18.4. The van der Waals surface area contributed by atoms with E-state index in [2.05, 4.69) is 28.1 Å². The maximum absolute atomic E-state index is 13.1. The van der Waals surface area contributed by atoms with E-state index in [0.29, 0.717) is 10.9 Å². The quantitative estimate of drug-likeness (QED) is 0.665. The number of benzene rings is 1. The van der Waals surface area contributed by atoms with Gasteiger partial charge in [-0.05, 0) is 51.8 Å². The molecule has 0 fully saturated rings. The van der Waals surface area contributed by atoms with Crippen molar-refractivity contribution in [3.63, 3.8) is 0 Å². The van der Waals surface area contributed by atoms with Gasteiger partial charge < -0.3 is 4.90 Å². The summed E-state index contributed by atoms with van der Waals surface area (Å²) < 4.78 is 1.72. The lowest BCUT2D eigenvalue weighted by molar-refractivity contribution is -0.118. The Bertz CT molecular complexity index is 999. The normalized spacial score (nSPS) is 17.5. The summed E-state index contributed by atoms with van der Waals surface area (Å²) in [5.41, 5.74) is 4.14. The van der Waals surface area contributed by atoms with Crippen LogP contribution in [0.3, 0.4) is 0 Å². The summed E-state index contributed by atoms with van der Waals surface area (Å²) in [6.45, 7) is 7.92. The Hall–Kier alpha value is -2.41. The first-order valence-electron chi connectivity index (χ1n) is 8.72. The molecule has 134 valence electrons. The van der Waals surface area contributed by atoms with Gasteiger partial charge in [0, 0.05) is 23.1 Å². The van der Waals surface area contributed by atoms with Crippen LogP contribution in [0.25, 0.3) is 5.78 Å². The van der Waals surface area contributed by atoms with Crippen LogP contribution in [0.2, 0.25) is 0 Å². The lowest BCUT2D eigenvalue weighted by Crippen LogP contribution is -2.40. The Labute approximate surface area is 156 Å². The molecule has 1 aromatic carbocycles. The zero-order valence-electron chi connectivity index (χ0n) is 15.3. The number of aromatic nitrogens is 4. The smallest absolute Gasteiger partial charge is 0.253 e. The molecule has 0 bridgehead atoms. The van der Waals surface area contributed by atoms with Gasteiger partial charge in [0.2, 0.25) is 11.1 Å². The summed E-state index contributed by atoms with van der Waals surface area (Å²) >= 11 is 1.38. The molecule has 0 saturated heterocycles. The lowest BCUT2D eigenvalue weighted by Gasteiger charge is -2.25. The van der Waals surface area contributed by atoms with E-state index in [-0.39, 0.29) is 17.2 Å². The van der Waals surface area contributed by atoms with Crippen molar-refractivity contribution in [2.75, 3.05) is 4.90 Å². The fourth-order valence-electron chi connectivity index (χ4n) is 3.50. The molecule has 3 aromatic rings. The standard InChI is InChI=1S/C19H21N5OS/c1-11-9-13(3)24-18(20-11)21-19(22-24)26-14(4)17(25)23-12(2)10-15-7-5-6-8-16(15)23/h5-9,12,14H,10H2,1-4H3. The third-order valence-corrected chi connectivity index (χ3v) is 5.61. The second-order valence-electron chi connectivity index (χ2n) is 6.80. The number of amides is 1. The molecule has 2 atom stereocenters. The van der Waals surface area contributed by atoms with Crippen molar-refractivity contribution in [2.24, 2.45) is 0 Å². The van der Waals surface area contributed by atoms with Crippen molar-refractivity contribution >= 4 is 29.1 Å². The van der Waals surface area contributed by atoms with Crippen LogP contribution < -0.4 is 4.90 Å². The number of hydrogen-bond acceptors (Lipinski definition) is 5. The van der Waals surface area contributed by atoms with E-state index in [0.717, 1.165) is 23.5 Å². The van der Waals surface area contributed by atoms with Crippen molar-refractivity contribution < 1.29 is 4.79 Å². The summed E-state index contributed by atoms with van der Waals surface area (Å²) in [5.74, 6) is 0.664. The van der Waals surface area contributed by atoms with E-state index in [1.165, 1.54) is 17.3 Å². The van der Waals surface area contributed by atoms with Gasteiger partial charge in [0.1, 0.15) is 0 Å². The average molecular weight is 367 g/mol. The molecule has 7 heteroatoms. The molecule has 26 heavy (non-hydrogen) atoms. The van der Waals surface area contributed by atoms with Gasteiger partial charge in [-0.2, -0.15) is 4.98 Å². The fourth-order valence-corrected chi connectivity index (χ4v) is 4.30. The first kappa shape index (κ1) is 17.0. The SMILES string of the molecule is Cc1cc(C)n2nc(SC(C)C(=O)N3c4ccccc4CC3C)nc2n1. The van der Waals surface area contributed by atoms with E-state index < -0.39 is 0 Å². The molecule has 4 rings (SSSR count). The van der Waals surface area contributed by atoms with Crippen LogP contribution in [-0.4, -0.2) is 36.8 Å². The number of hydrogen-bond donors (Lipinski definition) is 0. The highest BCUT2D eigenvalue weighted by atomic mass is 32.2. The van der Waals surface area contributed by atoms with Crippen LogP contribution in [0.1, 0.15) is 30.8 Å². The Morgan fingerprint density at radius 1 is 1.27 bits per heavy atom. The van der Waals surface area contributed by atoms with Crippen molar-refractivity contribution in [1.29, 1.82) is 0 Å². The first-order chi connectivity index (χ1) is 12.4. The largest absolute Gasteiger partial charge is 0.308 e. The monoisotopic (exact) mass is 367 g/mol. The molecule has 2 aromatic heterocycles. The van der Waals surface area contributed by atoms with E-state index in [4.69, 9.17) is 0 Å². The van der Waals surface area contributed by atoms with Gasteiger partial charge in [0.05, 0.1) is 5.25 Å². The third-order valence-electron chi connectivity index (χ3n) is 4.67. The Balaban J connectivity index is 1.58. The topological polar surface area (TPSA) is 63.4 Å². The average Bonchev–Trinajstić information content (AvgIpc) is 3.13. The maximum atomic E-state index is 13.1. The molecule has 1 amide bonds. The van der Waals surface area contributed by atoms with Crippen LogP contribution in [0, 0.1) is 13.8 Å². The van der Waals surface area contributed by atoms with Crippen LogP contribution in [0.15, 0.2) is 35.5 Å². The van der Waals surface area contributed by atoms with Crippen molar-refractivity contribution in [2.45, 2.75) is 50.6 Å². The van der Waals surface area contributed by atoms with Crippen LogP contribution >= 0.6 is 11.8 Å². The molecule has 1 aliphatic rings. The number of para-hydroxylation sites is 1. The van der Waals surface area contributed by atoms with Gasteiger partial charge in [-0.1, -0.05) is 30.0 Å². The Morgan fingerprint density at radius 3 is 2.85 bits per heavy atom. The van der Waals surface area contributed by atoms with Crippen molar-refractivity contribution in [1.82, 2.24) is 19.6 Å². The molecule has 1 aliphatic heterocycles. The predicted molar refractivity (Wildman–Crippen MR) is 103 cm³/mol. The highest BCUT2D eigenvalue weighted by molar-refractivity contribution is 8.00. The number of thioether (sulfide) groups is 1. The van der Waals surface area contributed by atoms with Gasteiger partial charge in [0.25, 0.3) is 5.78 Å². The van der Waals surface area contributed by atoms with Gasteiger partial charge in [-0.3, -0.25) is 4.79 Å². The van der Waals surface area contributed by atoms with E-state index in [1.807, 2.05) is 49.9 Å². The van der Waals surface area contributed by atoms with Gasteiger partial charge in [0.15, 0.2) is 0 Å². The maximum Gasteiger partial charge on any atom is 0.253 e.